The Kier molecular flexibility index (Phi) is 3.17. The summed E-state index contributed by atoms with van der Waals surface area (Å²) in [5.41, 5.74) is 0.675. The Morgan fingerprint density at radius 3 is 2.36 bits per heavy atom. The molecule has 76 valence electrons. The second-order valence-electron chi connectivity index (χ2n) is 2.76. The first-order valence-electron chi connectivity index (χ1n) is 3.98. The van der Waals surface area contributed by atoms with Crippen LogP contribution in [0.3, 0.4) is 0 Å². The molecule has 1 rings (SSSR count). The largest absolute Gasteiger partial charge is 0.508 e. The number of nitrogens with two attached hydrogens (primary N) is 1. The normalized spacial score (nSPS) is 11.4. The Balaban J connectivity index is 2.86. The van der Waals surface area contributed by atoms with E-state index in [0.29, 0.717) is 17.9 Å². The van der Waals surface area contributed by atoms with Gasteiger partial charge in [-0.05, 0) is 17.7 Å². The minimum atomic E-state index is -0.00697. The third-order valence-corrected chi connectivity index (χ3v) is 1.70. The zero-order valence-electron chi connectivity index (χ0n) is 7.77. The van der Waals surface area contributed by atoms with Crippen molar-refractivity contribution in [2.75, 3.05) is 7.11 Å². The summed E-state index contributed by atoms with van der Waals surface area (Å²) in [6, 6.07) is 4.25. The van der Waals surface area contributed by atoms with Gasteiger partial charge in [0.15, 0.2) is 0 Å². The molecule has 14 heavy (non-hydrogen) atoms. The lowest BCUT2D eigenvalue weighted by atomic mass is 10.1. The molecule has 5 nitrogen and oxygen atoms in total. The molecule has 5 heteroatoms. The molecule has 1 aromatic rings. The first-order valence-corrected chi connectivity index (χ1v) is 3.98. The van der Waals surface area contributed by atoms with E-state index in [9.17, 15) is 10.2 Å². The van der Waals surface area contributed by atoms with Gasteiger partial charge in [-0.15, -0.1) is 5.10 Å². The number of ether oxygens (including phenoxy) is 1. The predicted octanol–water partition coefficient (Wildman–Crippen LogP) is 0.559. The second-order valence-corrected chi connectivity index (χ2v) is 2.76. The van der Waals surface area contributed by atoms with E-state index in [0.717, 1.165) is 0 Å². The summed E-state index contributed by atoms with van der Waals surface area (Å²) in [7, 11) is 1.45. The van der Waals surface area contributed by atoms with Crippen molar-refractivity contribution in [3.8, 4) is 11.5 Å². The minimum absolute atomic E-state index is 0.00697. The third-order valence-electron chi connectivity index (χ3n) is 1.70. The van der Waals surface area contributed by atoms with Gasteiger partial charge in [0.1, 0.15) is 11.5 Å². The highest BCUT2D eigenvalue weighted by Crippen LogP contribution is 2.20. The lowest BCUT2D eigenvalue weighted by Crippen LogP contribution is -2.08. The van der Waals surface area contributed by atoms with E-state index in [1.165, 1.54) is 25.3 Å². The predicted molar refractivity (Wildman–Crippen MR) is 52.1 cm³/mol. The van der Waals surface area contributed by atoms with Gasteiger partial charge in [0.25, 0.3) is 0 Å². The van der Waals surface area contributed by atoms with Gasteiger partial charge in [-0.1, -0.05) is 0 Å². The summed E-state index contributed by atoms with van der Waals surface area (Å²) in [4.78, 5) is 0. The maximum atomic E-state index is 9.18. The molecular weight excluding hydrogens is 184 g/mol. The SMILES string of the molecule is CO/C(Cc1cc(O)cc(O)c1)=N/N. The summed E-state index contributed by atoms with van der Waals surface area (Å²) >= 11 is 0. The molecule has 0 amide bonds. The highest BCUT2D eigenvalue weighted by molar-refractivity contribution is 5.78. The Labute approximate surface area is 81.4 Å². The van der Waals surface area contributed by atoms with E-state index in [1.54, 1.807) is 0 Å². The number of nitrogens with zero attached hydrogens (tertiary/aromatic N) is 1. The second kappa shape index (κ2) is 4.36. The van der Waals surface area contributed by atoms with E-state index < -0.39 is 0 Å². The first-order chi connectivity index (χ1) is 6.65. The van der Waals surface area contributed by atoms with Gasteiger partial charge in [-0.3, -0.25) is 0 Å². The number of hydrogen-bond acceptors (Lipinski definition) is 5. The lowest BCUT2D eigenvalue weighted by molar-refractivity contribution is 0.391. The standard InChI is InChI=1S/C9H12N2O3/c1-14-9(11-10)4-6-2-7(12)5-8(13)3-6/h2-3,5,12-13H,4,10H2,1H3/b11-9+. The Morgan fingerprint density at radius 2 is 1.93 bits per heavy atom. The number of phenols is 2. The molecule has 4 N–H and O–H groups in total. The average molecular weight is 196 g/mol. The zero-order valence-corrected chi connectivity index (χ0v) is 7.77. The van der Waals surface area contributed by atoms with Crippen molar-refractivity contribution in [2.45, 2.75) is 6.42 Å². The molecule has 0 bridgehead atoms. The van der Waals surface area contributed by atoms with Crippen LogP contribution in [0, 0.1) is 0 Å². The smallest absolute Gasteiger partial charge is 0.209 e. The fourth-order valence-electron chi connectivity index (χ4n) is 1.10. The molecule has 0 aliphatic carbocycles. The molecule has 1 aromatic carbocycles. The summed E-state index contributed by atoms with van der Waals surface area (Å²) in [6.07, 6.45) is 0.328. The van der Waals surface area contributed by atoms with E-state index in [4.69, 9.17) is 10.6 Å². The van der Waals surface area contributed by atoms with Gasteiger partial charge in [0, 0.05) is 6.07 Å². The zero-order chi connectivity index (χ0) is 10.6. The van der Waals surface area contributed by atoms with Crippen LogP contribution in [-0.2, 0) is 11.2 Å². The fraction of sp³-hybridized carbons (Fsp3) is 0.222. The molecule has 0 saturated heterocycles. The number of methoxy groups -OCH3 is 1. The van der Waals surface area contributed by atoms with Crippen LogP contribution in [0.2, 0.25) is 0 Å². The van der Waals surface area contributed by atoms with Crippen LogP contribution in [0.5, 0.6) is 11.5 Å². The summed E-state index contributed by atoms with van der Waals surface area (Å²) < 4.78 is 4.84. The van der Waals surface area contributed by atoms with E-state index >= 15 is 0 Å². The Bertz CT molecular complexity index is 330. The Morgan fingerprint density at radius 1 is 1.36 bits per heavy atom. The topological polar surface area (TPSA) is 88.1 Å². The molecule has 0 aliphatic rings. The van der Waals surface area contributed by atoms with Gasteiger partial charge in [0.05, 0.1) is 13.5 Å². The fourth-order valence-corrected chi connectivity index (χ4v) is 1.10. The molecule has 0 heterocycles. The van der Waals surface area contributed by atoms with Crippen molar-refractivity contribution in [2.24, 2.45) is 10.9 Å². The van der Waals surface area contributed by atoms with Crippen molar-refractivity contribution in [3.63, 3.8) is 0 Å². The number of rotatable bonds is 2. The monoisotopic (exact) mass is 196 g/mol. The quantitative estimate of drug-likeness (QED) is 0.279. The van der Waals surface area contributed by atoms with Gasteiger partial charge < -0.3 is 20.8 Å². The molecule has 0 spiro atoms. The lowest BCUT2D eigenvalue weighted by Gasteiger charge is -2.04. The highest BCUT2D eigenvalue weighted by atomic mass is 16.5. The minimum Gasteiger partial charge on any atom is -0.508 e. The van der Waals surface area contributed by atoms with Crippen molar-refractivity contribution < 1.29 is 14.9 Å². The van der Waals surface area contributed by atoms with Crippen LogP contribution < -0.4 is 5.84 Å². The van der Waals surface area contributed by atoms with Gasteiger partial charge in [-0.2, -0.15) is 0 Å². The number of aromatic hydroxyl groups is 2. The van der Waals surface area contributed by atoms with E-state index in [2.05, 4.69) is 5.10 Å². The molecule has 0 aromatic heterocycles. The van der Waals surface area contributed by atoms with E-state index in [1.807, 2.05) is 0 Å². The Hall–Kier alpha value is -1.91. The number of benzene rings is 1. The maximum Gasteiger partial charge on any atom is 0.209 e. The van der Waals surface area contributed by atoms with Crippen LogP contribution in [0.15, 0.2) is 23.3 Å². The third kappa shape index (κ3) is 2.55. The van der Waals surface area contributed by atoms with Crippen molar-refractivity contribution >= 4 is 5.90 Å². The van der Waals surface area contributed by atoms with Crippen LogP contribution in [0.1, 0.15) is 5.56 Å². The van der Waals surface area contributed by atoms with Crippen LogP contribution in [0.4, 0.5) is 0 Å². The summed E-state index contributed by atoms with van der Waals surface area (Å²) in [5, 5.41) is 21.8. The molecule has 0 saturated carbocycles. The van der Waals surface area contributed by atoms with Crippen LogP contribution >= 0.6 is 0 Å². The van der Waals surface area contributed by atoms with Crippen LogP contribution in [0.25, 0.3) is 0 Å². The average Bonchev–Trinajstić information content (AvgIpc) is 2.12. The van der Waals surface area contributed by atoms with Crippen molar-refractivity contribution in [1.29, 1.82) is 0 Å². The molecule has 0 aliphatic heterocycles. The van der Waals surface area contributed by atoms with E-state index in [-0.39, 0.29) is 11.5 Å². The molecule has 0 unspecified atom stereocenters. The van der Waals surface area contributed by atoms with Gasteiger partial charge in [-0.25, -0.2) is 0 Å². The molecular formula is C9H12N2O3. The van der Waals surface area contributed by atoms with Crippen molar-refractivity contribution in [1.82, 2.24) is 0 Å². The van der Waals surface area contributed by atoms with Gasteiger partial charge in [0.2, 0.25) is 5.90 Å². The number of hydrogen-bond donors (Lipinski definition) is 3. The molecule has 0 fully saturated rings. The van der Waals surface area contributed by atoms with Gasteiger partial charge >= 0.3 is 0 Å². The number of hydrazone groups is 1. The summed E-state index contributed by atoms with van der Waals surface area (Å²) in [5.74, 6) is 5.36. The molecule has 0 atom stereocenters. The molecule has 0 radical (unpaired) electrons. The first kappa shape index (κ1) is 10.2. The summed E-state index contributed by atoms with van der Waals surface area (Å²) in [6.45, 7) is 0. The number of phenolic OH excluding ortho intramolecular Hbond substituents is 2. The van der Waals surface area contributed by atoms with Crippen molar-refractivity contribution in [3.05, 3.63) is 23.8 Å². The highest BCUT2D eigenvalue weighted by Gasteiger charge is 2.03. The van der Waals surface area contributed by atoms with Crippen LogP contribution in [-0.4, -0.2) is 23.2 Å². The maximum absolute atomic E-state index is 9.18.